The van der Waals surface area contributed by atoms with Crippen LogP contribution >= 0.6 is 11.8 Å². The second-order valence-corrected chi connectivity index (χ2v) is 6.89. The largest absolute Gasteiger partial charge is 0.348 e. The standard InChI is InChI=1S/C20H15N3O2S/c24-19(22-12-13-4-3-9-21-11-13)14-7-8-18-16(10-14)23-20(25)15-5-1-2-6-17(15)26-18/h1-11H,12H2,(H,22,24)(H,23,25). The molecule has 2 heterocycles. The lowest BCUT2D eigenvalue weighted by Gasteiger charge is -2.09. The van der Waals surface area contributed by atoms with Crippen molar-refractivity contribution in [1.29, 1.82) is 0 Å². The van der Waals surface area contributed by atoms with E-state index in [4.69, 9.17) is 0 Å². The molecular formula is C20H15N3O2S. The molecule has 6 heteroatoms. The Morgan fingerprint density at radius 2 is 1.96 bits per heavy atom. The zero-order valence-electron chi connectivity index (χ0n) is 13.7. The summed E-state index contributed by atoms with van der Waals surface area (Å²) < 4.78 is 0. The van der Waals surface area contributed by atoms with E-state index in [1.165, 1.54) is 11.8 Å². The number of hydrogen-bond donors (Lipinski definition) is 2. The van der Waals surface area contributed by atoms with Crippen LogP contribution in [0.3, 0.4) is 0 Å². The minimum Gasteiger partial charge on any atom is -0.348 e. The molecule has 0 fully saturated rings. The van der Waals surface area contributed by atoms with E-state index < -0.39 is 0 Å². The summed E-state index contributed by atoms with van der Waals surface area (Å²) in [6.45, 7) is 0.399. The Hall–Kier alpha value is -3.12. The van der Waals surface area contributed by atoms with Crippen LogP contribution in [0.5, 0.6) is 0 Å². The number of carbonyl (C=O) groups excluding carboxylic acids is 2. The molecule has 4 rings (SSSR count). The van der Waals surface area contributed by atoms with Crippen LogP contribution in [-0.2, 0) is 6.54 Å². The molecule has 128 valence electrons. The van der Waals surface area contributed by atoms with Crippen molar-refractivity contribution in [3.05, 3.63) is 83.7 Å². The molecular weight excluding hydrogens is 346 g/mol. The number of benzene rings is 2. The molecule has 1 aromatic heterocycles. The van der Waals surface area contributed by atoms with Crippen molar-refractivity contribution in [2.24, 2.45) is 0 Å². The average molecular weight is 361 g/mol. The second-order valence-electron chi connectivity index (χ2n) is 5.81. The predicted molar refractivity (Wildman–Crippen MR) is 100 cm³/mol. The number of nitrogens with one attached hydrogen (secondary N) is 2. The molecule has 0 unspecified atom stereocenters. The Labute approximate surface area is 154 Å². The van der Waals surface area contributed by atoms with Crippen LogP contribution in [0.15, 0.2) is 76.8 Å². The molecule has 0 saturated carbocycles. The van der Waals surface area contributed by atoms with Gasteiger partial charge in [0.25, 0.3) is 11.8 Å². The monoisotopic (exact) mass is 361 g/mol. The Kier molecular flexibility index (Phi) is 4.41. The zero-order valence-corrected chi connectivity index (χ0v) is 14.5. The van der Waals surface area contributed by atoms with Crippen molar-refractivity contribution in [2.75, 3.05) is 5.32 Å². The molecule has 2 N–H and O–H groups in total. The fraction of sp³-hybridized carbons (Fsp3) is 0.0500. The van der Waals surface area contributed by atoms with Crippen molar-refractivity contribution >= 4 is 29.3 Å². The Morgan fingerprint density at radius 3 is 2.81 bits per heavy atom. The number of amides is 2. The van der Waals surface area contributed by atoms with Gasteiger partial charge in [-0.05, 0) is 42.0 Å². The zero-order chi connectivity index (χ0) is 17.9. The normalized spacial score (nSPS) is 12.4. The van der Waals surface area contributed by atoms with E-state index in [2.05, 4.69) is 15.6 Å². The molecule has 0 aliphatic carbocycles. The van der Waals surface area contributed by atoms with E-state index in [1.54, 1.807) is 30.6 Å². The maximum Gasteiger partial charge on any atom is 0.256 e. The van der Waals surface area contributed by atoms with Gasteiger partial charge in [-0.25, -0.2) is 0 Å². The third kappa shape index (κ3) is 3.32. The number of carbonyl (C=O) groups is 2. The van der Waals surface area contributed by atoms with Crippen LogP contribution in [0, 0.1) is 0 Å². The van der Waals surface area contributed by atoms with Crippen molar-refractivity contribution in [1.82, 2.24) is 10.3 Å². The minimum atomic E-state index is -0.197. The average Bonchev–Trinajstić information content (AvgIpc) is 2.82. The van der Waals surface area contributed by atoms with E-state index in [0.29, 0.717) is 23.4 Å². The van der Waals surface area contributed by atoms with Gasteiger partial charge >= 0.3 is 0 Å². The van der Waals surface area contributed by atoms with Gasteiger partial charge in [-0.15, -0.1) is 0 Å². The van der Waals surface area contributed by atoms with Gasteiger partial charge in [0.15, 0.2) is 0 Å². The molecule has 1 aliphatic rings. The molecule has 0 saturated heterocycles. The third-order valence-electron chi connectivity index (χ3n) is 4.02. The second kappa shape index (κ2) is 7.01. The highest BCUT2D eigenvalue weighted by atomic mass is 32.2. The molecule has 0 atom stereocenters. The topological polar surface area (TPSA) is 71.1 Å². The summed E-state index contributed by atoms with van der Waals surface area (Å²) in [6.07, 6.45) is 3.40. The van der Waals surface area contributed by atoms with Crippen LogP contribution in [-0.4, -0.2) is 16.8 Å². The van der Waals surface area contributed by atoms with E-state index in [-0.39, 0.29) is 11.8 Å². The van der Waals surface area contributed by atoms with Crippen LogP contribution in [0.25, 0.3) is 0 Å². The number of nitrogens with zero attached hydrogens (tertiary/aromatic N) is 1. The summed E-state index contributed by atoms with van der Waals surface area (Å²) in [5.74, 6) is -0.363. The third-order valence-corrected chi connectivity index (χ3v) is 5.17. The van der Waals surface area contributed by atoms with Gasteiger partial charge in [0.2, 0.25) is 0 Å². The first-order chi connectivity index (χ1) is 12.7. The van der Waals surface area contributed by atoms with E-state index in [1.807, 2.05) is 36.4 Å². The molecule has 0 spiro atoms. The molecule has 2 amide bonds. The van der Waals surface area contributed by atoms with Gasteiger partial charge < -0.3 is 10.6 Å². The molecule has 1 aliphatic heterocycles. The first kappa shape index (κ1) is 16.4. The van der Waals surface area contributed by atoms with E-state index in [9.17, 15) is 9.59 Å². The smallest absolute Gasteiger partial charge is 0.256 e. The lowest BCUT2D eigenvalue weighted by Crippen LogP contribution is -2.23. The lowest BCUT2D eigenvalue weighted by atomic mass is 10.1. The summed E-state index contributed by atoms with van der Waals surface area (Å²) >= 11 is 1.51. The number of fused-ring (bicyclic) bond motifs is 2. The first-order valence-corrected chi connectivity index (χ1v) is 8.92. The van der Waals surface area contributed by atoms with Crippen LogP contribution in [0.2, 0.25) is 0 Å². The number of rotatable bonds is 3. The van der Waals surface area contributed by atoms with Crippen molar-refractivity contribution in [3.8, 4) is 0 Å². The summed E-state index contributed by atoms with van der Waals surface area (Å²) in [6, 6.07) is 16.5. The number of anilines is 1. The molecule has 2 aromatic carbocycles. The van der Waals surface area contributed by atoms with E-state index >= 15 is 0 Å². The van der Waals surface area contributed by atoms with Crippen LogP contribution < -0.4 is 10.6 Å². The predicted octanol–water partition coefficient (Wildman–Crippen LogP) is 3.73. The molecule has 3 aromatic rings. The van der Waals surface area contributed by atoms with Crippen LogP contribution in [0.1, 0.15) is 26.3 Å². The molecule has 0 radical (unpaired) electrons. The van der Waals surface area contributed by atoms with Crippen molar-refractivity contribution in [3.63, 3.8) is 0 Å². The summed E-state index contributed by atoms with van der Waals surface area (Å²) in [7, 11) is 0. The quantitative estimate of drug-likeness (QED) is 0.746. The molecule has 5 nitrogen and oxygen atoms in total. The number of pyridine rings is 1. The van der Waals surface area contributed by atoms with Gasteiger partial charge in [0.05, 0.1) is 11.3 Å². The van der Waals surface area contributed by atoms with Gasteiger partial charge in [-0.2, -0.15) is 0 Å². The Morgan fingerprint density at radius 1 is 1.08 bits per heavy atom. The van der Waals surface area contributed by atoms with Gasteiger partial charge in [0, 0.05) is 34.3 Å². The van der Waals surface area contributed by atoms with Crippen LogP contribution in [0.4, 0.5) is 5.69 Å². The number of hydrogen-bond acceptors (Lipinski definition) is 4. The fourth-order valence-electron chi connectivity index (χ4n) is 2.70. The van der Waals surface area contributed by atoms with E-state index in [0.717, 1.165) is 15.4 Å². The SMILES string of the molecule is O=C(NCc1cccnc1)c1ccc2c(c1)NC(=O)c1ccccc1S2. The fourth-order valence-corrected chi connectivity index (χ4v) is 3.71. The van der Waals surface area contributed by atoms with Gasteiger partial charge in [-0.3, -0.25) is 14.6 Å². The van der Waals surface area contributed by atoms with Gasteiger partial charge in [-0.1, -0.05) is 30.0 Å². The highest BCUT2D eigenvalue weighted by Crippen LogP contribution is 2.38. The maximum absolute atomic E-state index is 12.4. The molecule has 26 heavy (non-hydrogen) atoms. The highest BCUT2D eigenvalue weighted by Gasteiger charge is 2.20. The summed E-state index contributed by atoms with van der Waals surface area (Å²) in [5.41, 5.74) is 2.70. The summed E-state index contributed by atoms with van der Waals surface area (Å²) in [4.78, 5) is 30.7. The van der Waals surface area contributed by atoms with Gasteiger partial charge in [0.1, 0.15) is 0 Å². The first-order valence-electron chi connectivity index (χ1n) is 8.10. The van der Waals surface area contributed by atoms with Crippen molar-refractivity contribution in [2.45, 2.75) is 16.3 Å². The minimum absolute atomic E-state index is 0.167. The lowest BCUT2D eigenvalue weighted by molar-refractivity contribution is 0.0949. The van der Waals surface area contributed by atoms with Crippen molar-refractivity contribution < 1.29 is 9.59 Å². The maximum atomic E-state index is 12.4. The number of aromatic nitrogens is 1. The highest BCUT2D eigenvalue weighted by molar-refractivity contribution is 7.99. The summed E-state index contributed by atoms with van der Waals surface area (Å²) in [5, 5.41) is 5.77. The molecule has 0 bridgehead atoms. The Bertz CT molecular complexity index is 989. The Balaban J connectivity index is 1.55.